The van der Waals surface area contributed by atoms with E-state index < -0.39 is 0 Å². The molecule has 0 bridgehead atoms. The summed E-state index contributed by atoms with van der Waals surface area (Å²) in [6.45, 7) is 10.2. The van der Waals surface area contributed by atoms with Gasteiger partial charge in [-0.2, -0.15) is 0 Å². The summed E-state index contributed by atoms with van der Waals surface area (Å²) in [6, 6.07) is 12.0. The number of amides is 1. The minimum absolute atomic E-state index is 0.0251. The predicted octanol–water partition coefficient (Wildman–Crippen LogP) is 1.16. The third-order valence-corrected chi connectivity index (χ3v) is 6.73. The molecule has 2 aromatic heterocycles. The SMILES string of the molecule is O=C(Cc1cn(-c2ccc(NCCN3CCOCC3)nn2)c2ccccc12)NCCN1CCOCC1. The number of benzene rings is 1. The van der Waals surface area contributed by atoms with Crippen molar-refractivity contribution in [2.45, 2.75) is 6.42 Å². The van der Waals surface area contributed by atoms with Crippen molar-refractivity contribution >= 4 is 22.6 Å². The van der Waals surface area contributed by atoms with Gasteiger partial charge in [0.2, 0.25) is 5.91 Å². The molecule has 1 aromatic carbocycles. The molecule has 5 rings (SSSR count). The molecule has 2 fully saturated rings. The minimum atomic E-state index is 0.0251. The molecule has 0 radical (unpaired) electrons. The third kappa shape index (κ3) is 6.38. The Hall–Kier alpha value is -3.05. The fraction of sp³-hybridized carbons (Fsp3) is 0.500. The Morgan fingerprint density at radius 3 is 2.25 bits per heavy atom. The van der Waals surface area contributed by atoms with Gasteiger partial charge in [-0.15, -0.1) is 10.2 Å². The van der Waals surface area contributed by atoms with E-state index in [0.717, 1.165) is 100 Å². The van der Waals surface area contributed by atoms with Crippen LogP contribution in [0.5, 0.6) is 0 Å². The molecule has 0 aliphatic carbocycles. The lowest BCUT2D eigenvalue weighted by atomic mass is 10.1. The van der Waals surface area contributed by atoms with Crippen molar-refractivity contribution in [1.29, 1.82) is 0 Å². The fourth-order valence-corrected chi connectivity index (χ4v) is 4.71. The van der Waals surface area contributed by atoms with Crippen molar-refractivity contribution in [3.05, 3.63) is 48.2 Å². The topological polar surface area (TPSA) is 96.8 Å². The van der Waals surface area contributed by atoms with Crippen LogP contribution in [-0.2, 0) is 20.7 Å². The summed E-state index contributed by atoms with van der Waals surface area (Å²) in [5.74, 6) is 1.50. The van der Waals surface area contributed by atoms with E-state index in [1.165, 1.54) is 0 Å². The number of hydrogen-bond donors (Lipinski definition) is 2. The zero-order valence-electron chi connectivity index (χ0n) is 20.7. The summed E-state index contributed by atoms with van der Waals surface area (Å²) in [4.78, 5) is 17.4. The van der Waals surface area contributed by atoms with Crippen LogP contribution in [0.25, 0.3) is 16.7 Å². The van der Waals surface area contributed by atoms with E-state index in [0.29, 0.717) is 13.0 Å². The molecule has 10 nitrogen and oxygen atoms in total. The first-order chi connectivity index (χ1) is 17.8. The summed E-state index contributed by atoms with van der Waals surface area (Å²) >= 11 is 0. The van der Waals surface area contributed by atoms with E-state index in [-0.39, 0.29) is 5.91 Å². The first-order valence-corrected chi connectivity index (χ1v) is 12.8. The largest absolute Gasteiger partial charge is 0.379 e. The van der Waals surface area contributed by atoms with Gasteiger partial charge in [0.25, 0.3) is 0 Å². The molecule has 1 amide bonds. The van der Waals surface area contributed by atoms with Crippen LogP contribution in [0.15, 0.2) is 42.6 Å². The Morgan fingerprint density at radius 2 is 1.56 bits per heavy atom. The van der Waals surface area contributed by atoms with Crippen LogP contribution in [0.4, 0.5) is 5.82 Å². The van der Waals surface area contributed by atoms with E-state index in [4.69, 9.17) is 9.47 Å². The Balaban J connectivity index is 1.19. The Labute approximate surface area is 211 Å². The van der Waals surface area contributed by atoms with Crippen LogP contribution in [0.1, 0.15) is 5.56 Å². The maximum absolute atomic E-state index is 12.7. The summed E-state index contributed by atoms with van der Waals surface area (Å²) in [7, 11) is 0. The van der Waals surface area contributed by atoms with Gasteiger partial charge in [0, 0.05) is 63.9 Å². The molecule has 0 saturated carbocycles. The highest BCUT2D eigenvalue weighted by Gasteiger charge is 2.15. The molecule has 10 heteroatoms. The number of fused-ring (bicyclic) bond motifs is 1. The van der Waals surface area contributed by atoms with Gasteiger partial charge in [0.1, 0.15) is 5.82 Å². The lowest BCUT2D eigenvalue weighted by Gasteiger charge is -2.26. The van der Waals surface area contributed by atoms with Crippen molar-refractivity contribution in [2.75, 3.05) is 84.1 Å². The number of rotatable bonds is 10. The monoisotopic (exact) mass is 493 g/mol. The van der Waals surface area contributed by atoms with Crippen molar-refractivity contribution in [3.8, 4) is 5.82 Å². The standard InChI is InChI=1S/C26H35N7O3/c34-26(28-8-10-32-13-17-36-18-14-32)19-21-20-33(23-4-2-1-3-22(21)23)25-6-5-24(29-30-25)27-7-9-31-11-15-35-16-12-31/h1-6,20H,7-19H2,(H,27,29)(H,28,34). The van der Waals surface area contributed by atoms with Crippen LogP contribution < -0.4 is 10.6 Å². The highest BCUT2D eigenvalue weighted by Crippen LogP contribution is 2.24. The van der Waals surface area contributed by atoms with Gasteiger partial charge in [-0.1, -0.05) is 18.2 Å². The molecule has 2 aliphatic rings. The second-order valence-corrected chi connectivity index (χ2v) is 9.18. The van der Waals surface area contributed by atoms with Gasteiger partial charge in [0.05, 0.1) is 38.4 Å². The van der Waals surface area contributed by atoms with Crippen LogP contribution in [0, 0.1) is 0 Å². The molecule has 36 heavy (non-hydrogen) atoms. The molecule has 192 valence electrons. The van der Waals surface area contributed by atoms with E-state index >= 15 is 0 Å². The first kappa shape index (κ1) is 24.6. The predicted molar refractivity (Wildman–Crippen MR) is 139 cm³/mol. The summed E-state index contributed by atoms with van der Waals surface area (Å²) in [6.07, 6.45) is 2.33. The highest BCUT2D eigenvalue weighted by molar-refractivity contribution is 5.90. The maximum Gasteiger partial charge on any atom is 0.224 e. The molecule has 2 aliphatic heterocycles. The number of morpholine rings is 2. The zero-order valence-corrected chi connectivity index (χ0v) is 20.7. The fourth-order valence-electron chi connectivity index (χ4n) is 4.71. The average molecular weight is 494 g/mol. The van der Waals surface area contributed by atoms with Crippen molar-refractivity contribution < 1.29 is 14.3 Å². The van der Waals surface area contributed by atoms with E-state index in [2.05, 4.69) is 36.7 Å². The maximum atomic E-state index is 12.7. The molecule has 0 spiro atoms. The number of para-hydroxylation sites is 1. The molecule has 3 aromatic rings. The summed E-state index contributed by atoms with van der Waals surface area (Å²) in [5, 5.41) is 16.3. The summed E-state index contributed by atoms with van der Waals surface area (Å²) in [5.41, 5.74) is 1.99. The van der Waals surface area contributed by atoms with Gasteiger partial charge < -0.3 is 20.1 Å². The van der Waals surface area contributed by atoms with Gasteiger partial charge in [-0.3, -0.25) is 19.2 Å². The first-order valence-electron chi connectivity index (χ1n) is 12.8. The second-order valence-electron chi connectivity index (χ2n) is 9.18. The highest BCUT2D eigenvalue weighted by atomic mass is 16.5. The number of ether oxygens (including phenoxy) is 2. The van der Waals surface area contributed by atoms with Gasteiger partial charge >= 0.3 is 0 Å². The van der Waals surface area contributed by atoms with Crippen LogP contribution in [0.3, 0.4) is 0 Å². The minimum Gasteiger partial charge on any atom is -0.379 e. The smallest absolute Gasteiger partial charge is 0.224 e. The van der Waals surface area contributed by atoms with Crippen LogP contribution in [-0.4, -0.2) is 109 Å². The van der Waals surface area contributed by atoms with Crippen molar-refractivity contribution in [2.24, 2.45) is 0 Å². The van der Waals surface area contributed by atoms with Gasteiger partial charge in [-0.25, -0.2) is 0 Å². The molecular formula is C26H35N7O3. The number of aromatic nitrogens is 3. The molecule has 0 unspecified atom stereocenters. The Kier molecular flexibility index (Phi) is 8.39. The summed E-state index contributed by atoms with van der Waals surface area (Å²) < 4.78 is 12.8. The van der Waals surface area contributed by atoms with Crippen LogP contribution >= 0.6 is 0 Å². The number of anilines is 1. The number of nitrogens with one attached hydrogen (secondary N) is 2. The van der Waals surface area contributed by atoms with Crippen LogP contribution in [0.2, 0.25) is 0 Å². The number of carbonyl (C=O) groups excluding carboxylic acids is 1. The average Bonchev–Trinajstić information content (AvgIpc) is 3.28. The van der Waals surface area contributed by atoms with Crippen molar-refractivity contribution in [3.63, 3.8) is 0 Å². The van der Waals surface area contributed by atoms with Crippen molar-refractivity contribution in [1.82, 2.24) is 29.9 Å². The van der Waals surface area contributed by atoms with E-state index in [1.54, 1.807) is 0 Å². The Morgan fingerprint density at radius 1 is 0.861 bits per heavy atom. The second kappa shape index (κ2) is 12.3. The molecular weight excluding hydrogens is 458 g/mol. The number of nitrogens with zero attached hydrogens (tertiary/aromatic N) is 5. The quantitative estimate of drug-likeness (QED) is 0.434. The third-order valence-electron chi connectivity index (χ3n) is 6.73. The van der Waals surface area contributed by atoms with E-state index in [9.17, 15) is 4.79 Å². The van der Waals surface area contributed by atoms with Gasteiger partial charge in [0.15, 0.2) is 5.82 Å². The van der Waals surface area contributed by atoms with Gasteiger partial charge in [-0.05, 0) is 23.8 Å². The molecule has 2 saturated heterocycles. The molecule has 0 atom stereocenters. The lowest BCUT2D eigenvalue weighted by molar-refractivity contribution is -0.120. The lowest BCUT2D eigenvalue weighted by Crippen LogP contribution is -2.41. The number of hydrogen-bond acceptors (Lipinski definition) is 8. The molecule has 2 N–H and O–H groups in total. The zero-order chi connectivity index (χ0) is 24.6. The Bertz CT molecular complexity index is 1120. The normalized spacial score (nSPS) is 17.3. The number of carbonyl (C=O) groups is 1. The van der Waals surface area contributed by atoms with E-state index in [1.807, 2.05) is 41.1 Å². The molecule has 4 heterocycles.